The third-order valence-electron chi connectivity index (χ3n) is 3.59. The minimum atomic E-state index is -2.32. The summed E-state index contributed by atoms with van der Waals surface area (Å²) >= 11 is 1.52. The van der Waals surface area contributed by atoms with Crippen molar-refractivity contribution in [2.45, 2.75) is 50.9 Å². The quantitative estimate of drug-likeness (QED) is 0.393. The van der Waals surface area contributed by atoms with Crippen molar-refractivity contribution in [1.29, 1.82) is 0 Å². The monoisotopic (exact) mass is 349 g/mol. The lowest BCUT2D eigenvalue weighted by atomic mass is 9.91. The summed E-state index contributed by atoms with van der Waals surface area (Å²) in [5.74, 6) is -2.49. The van der Waals surface area contributed by atoms with Crippen molar-refractivity contribution < 1.29 is 34.1 Å². The van der Waals surface area contributed by atoms with Gasteiger partial charge in [-0.05, 0) is 6.26 Å². The largest absolute Gasteiger partial charge is 0.410 e. The fourth-order valence-corrected chi connectivity index (χ4v) is 3.17. The van der Waals surface area contributed by atoms with Gasteiger partial charge in [0.15, 0.2) is 0 Å². The van der Waals surface area contributed by atoms with Crippen LogP contribution in [-0.2, 0) is 23.9 Å². The highest BCUT2D eigenvalue weighted by molar-refractivity contribution is 7.98. The van der Waals surface area contributed by atoms with Crippen LogP contribution in [0.1, 0.15) is 26.7 Å². The zero-order chi connectivity index (χ0) is 17.6. The highest BCUT2D eigenvalue weighted by atomic mass is 32.2. The summed E-state index contributed by atoms with van der Waals surface area (Å²) < 4.78 is 9.78. The zero-order valence-electron chi connectivity index (χ0n) is 13.4. The van der Waals surface area contributed by atoms with E-state index < -0.39 is 36.6 Å². The van der Waals surface area contributed by atoms with Gasteiger partial charge in [0.2, 0.25) is 5.91 Å². The molecule has 0 aromatic heterocycles. The second kappa shape index (κ2) is 8.62. The molecule has 1 fully saturated rings. The van der Waals surface area contributed by atoms with Crippen LogP contribution in [0, 0.1) is 5.92 Å². The van der Waals surface area contributed by atoms with Gasteiger partial charge >= 0.3 is 5.97 Å². The second-order valence-electron chi connectivity index (χ2n) is 5.61. The number of hydrogen-bond acceptors (Lipinski definition) is 8. The summed E-state index contributed by atoms with van der Waals surface area (Å²) in [6.07, 6.45) is -0.923. The highest BCUT2D eigenvalue weighted by Gasteiger charge is 2.48. The first-order valence-electron chi connectivity index (χ1n) is 7.21. The Balaban J connectivity index is 2.90. The molecule has 1 aliphatic rings. The van der Waals surface area contributed by atoms with Gasteiger partial charge in [-0.15, -0.1) is 0 Å². The number of ketones is 1. The molecule has 0 saturated carbocycles. The highest BCUT2D eigenvalue weighted by Crippen LogP contribution is 2.30. The zero-order valence-corrected chi connectivity index (χ0v) is 14.2. The first-order valence-corrected chi connectivity index (χ1v) is 8.60. The molecule has 0 aromatic rings. The number of thioether (sulfide) groups is 1. The molecule has 1 saturated heterocycles. The molecule has 132 valence electrons. The van der Waals surface area contributed by atoms with Gasteiger partial charge in [-0.25, -0.2) is 0 Å². The van der Waals surface area contributed by atoms with Gasteiger partial charge in [0.1, 0.15) is 5.78 Å². The summed E-state index contributed by atoms with van der Waals surface area (Å²) in [5.41, 5.74) is 0. The fraction of sp³-hybridized carbons (Fsp3) is 0.786. The third-order valence-corrected chi connectivity index (χ3v) is 4.42. The first kappa shape index (κ1) is 19.9. The van der Waals surface area contributed by atoms with E-state index in [0.717, 1.165) is 0 Å². The molecular weight excluding hydrogens is 326 g/mol. The van der Waals surface area contributed by atoms with Crippen LogP contribution in [0.15, 0.2) is 0 Å². The Bertz CT molecular complexity index is 447. The number of carbonyl (C=O) groups is 3. The van der Waals surface area contributed by atoms with Crippen molar-refractivity contribution in [2.24, 2.45) is 5.92 Å². The van der Waals surface area contributed by atoms with Gasteiger partial charge in [-0.1, -0.05) is 6.92 Å². The fourth-order valence-electron chi connectivity index (χ4n) is 2.48. The van der Waals surface area contributed by atoms with Crippen LogP contribution in [0.5, 0.6) is 0 Å². The lowest BCUT2D eigenvalue weighted by molar-refractivity contribution is -0.382. The number of Topliss-reactive ketones (excluding diaryl/α,β-unsaturated/α-hetero) is 1. The molecule has 1 rings (SSSR count). The summed E-state index contributed by atoms with van der Waals surface area (Å²) in [5, 5.41) is 22.7. The van der Waals surface area contributed by atoms with E-state index in [2.05, 4.69) is 10.1 Å². The standard InChI is InChI=1S/C14H23NO7S/c1-8(6-23-3)10(18)4-12-13(15-9(2)17)11(19)5-14(20,22-12)21-7-16/h7-8,11-13,19-20H,4-6H2,1-3H3,(H,15,17). The Morgan fingerprint density at radius 1 is 1.57 bits per heavy atom. The summed E-state index contributed by atoms with van der Waals surface area (Å²) in [4.78, 5) is 34.0. The van der Waals surface area contributed by atoms with Crippen molar-refractivity contribution in [3.05, 3.63) is 0 Å². The molecule has 1 amide bonds. The maximum absolute atomic E-state index is 12.2. The average Bonchev–Trinajstić information content (AvgIpc) is 2.42. The second-order valence-corrected chi connectivity index (χ2v) is 6.52. The van der Waals surface area contributed by atoms with Gasteiger partial charge in [-0.2, -0.15) is 11.8 Å². The van der Waals surface area contributed by atoms with E-state index in [0.29, 0.717) is 5.75 Å². The van der Waals surface area contributed by atoms with Gasteiger partial charge in [0.05, 0.1) is 24.7 Å². The molecule has 0 spiro atoms. The van der Waals surface area contributed by atoms with E-state index in [1.807, 2.05) is 6.26 Å². The van der Waals surface area contributed by atoms with Crippen LogP contribution >= 0.6 is 11.8 Å². The smallest absolute Gasteiger partial charge is 0.329 e. The molecule has 8 nitrogen and oxygen atoms in total. The summed E-state index contributed by atoms with van der Waals surface area (Å²) in [7, 11) is 0. The van der Waals surface area contributed by atoms with Crippen molar-refractivity contribution in [3.63, 3.8) is 0 Å². The molecule has 0 bridgehead atoms. The Hall–Kier alpha value is -1.16. The Labute approximate surface area is 138 Å². The van der Waals surface area contributed by atoms with Crippen molar-refractivity contribution in [2.75, 3.05) is 12.0 Å². The number of amides is 1. The number of rotatable bonds is 8. The predicted molar refractivity (Wildman–Crippen MR) is 82.4 cm³/mol. The van der Waals surface area contributed by atoms with E-state index in [-0.39, 0.29) is 24.6 Å². The number of hydrogen-bond donors (Lipinski definition) is 3. The SMILES string of the molecule is CSCC(C)C(=O)CC1OC(O)(OC=O)CC(O)C1NC(C)=O. The van der Waals surface area contributed by atoms with Crippen LogP contribution in [0.4, 0.5) is 0 Å². The molecule has 9 heteroatoms. The van der Waals surface area contributed by atoms with Crippen LogP contribution in [0.2, 0.25) is 0 Å². The first-order chi connectivity index (χ1) is 10.7. The minimum absolute atomic E-state index is 0.000673. The Morgan fingerprint density at radius 2 is 2.22 bits per heavy atom. The van der Waals surface area contributed by atoms with Gasteiger partial charge in [0.25, 0.3) is 6.47 Å². The molecule has 1 aliphatic heterocycles. The van der Waals surface area contributed by atoms with E-state index in [9.17, 15) is 24.6 Å². The number of ether oxygens (including phenoxy) is 2. The molecule has 5 atom stereocenters. The van der Waals surface area contributed by atoms with Crippen molar-refractivity contribution in [3.8, 4) is 0 Å². The van der Waals surface area contributed by atoms with Gasteiger partial charge in [0, 0.05) is 25.0 Å². The van der Waals surface area contributed by atoms with E-state index >= 15 is 0 Å². The van der Waals surface area contributed by atoms with Gasteiger partial charge < -0.3 is 25.0 Å². The molecule has 5 unspecified atom stereocenters. The Kier molecular flexibility index (Phi) is 7.46. The number of aliphatic hydroxyl groups excluding tert-OH is 1. The average molecular weight is 349 g/mol. The normalized spacial score (nSPS) is 32.0. The van der Waals surface area contributed by atoms with Crippen molar-refractivity contribution in [1.82, 2.24) is 5.32 Å². The molecule has 0 aliphatic carbocycles. The number of aliphatic hydroxyl groups is 2. The Morgan fingerprint density at radius 3 is 2.74 bits per heavy atom. The molecule has 23 heavy (non-hydrogen) atoms. The number of carbonyl (C=O) groups excluding carboxylic acids is 3. The molecule has 1 heterocycles. The number of nitrogens with one attached hydrogen (secondary N) is 1. The maximum atomic E-state index is 12.2. The van der Waals surface area contributed by atoms with E-state index in [1.54, 1.807) is 6.92 Å². The lowest BCUT2D eigenvalue weighted by Gasteiger charge is -2.42. The maximum Gasteiger partial charge on any atom is 0.329 e. The van der Waals surface area contributed by atoms with Crippen LogP contribution in [0.25, 0.3) is 0 Å². The summed E-state index contributed by atoms with van der Waals surface area (Å²) in [6, 6.07) is -0.881. The van der Waals surface area contributed by atoms with Crippen LogP contribution < -0.4 is 5.32 Å². The van der Waals surface area contributed by atoms with Crippen LogP contribution in [0.3, 0.4) is 0 Å². The molecular formula is C14H23NO7S. The summed E-state index contributed by atoms with van der Waals surface area (Å²) in [6.45, 7) is 3.03. The van der Waals surface area contributed by atoms with Gasteiger partial charge in [-0.3, -0.25) is 14.4 Å². The molecule has 3 N–H and O–H groups in total. The van der Waals surface area contributed by atoms with Crippen molar-refractivity contribution >= 4 is 29.9 Å². The van der Waals surface area contributed by atoms with E-state index in [4.69, 9.17) is 4.74 Å². The van der Waals surface area contributed by atoms with E-state index in [1.165, 1.54) is 18.7 Å². The minimum Gasteiger partial charge on any atom is -0.410 e. The lowest BCUT2D eigenvalue weighted by Crippen LogP contribution is -2.61. The predicted octanol–water partition coefficient (Wildman–Crippen LogP) is -0.582. The molecule has 0 radical (unpaired) electrons. The third kappa shape index (κ3) is 5.76. The topological polar surface area (TPSA) is 122 Å². The van der Waals surface area contributed by atoms with Crippen LogP contribution in [-0.4, -0.2) is 64.6 Å². The molecule has 0 aromatic carbocycles.